The summed E-state index contributed by atoms with van der Waals surface area (Å²) < 4.78 is 5.08. The van der Waals surface area contributed by atoms with Gasteiger partial charge in [-0.3, -0.25) is 9.59 Å². The molecule has 3 heterocycles. The molecule has 2 N–H and O–H groups in total. The number of carbonyl (C=O) groups is 2. The largest absolute Gasteiger partial charge is 0.481 e. The van der Waals surface area contributed by atoms with Crippen LogP contribution in [0.4, 0.5) is 5.82 Å². The number of carbonyl (C=O) groups excluding carboxylic acids is 1. The Morgan fingerprint density at radius 3 is 2.78 bits per heavy atom. The second-order valence-electron chi connectivity index (χ2n) is 8.17. The summed E-state index contributed by atoms with van der Waals surface area (Å²) in [6.07, 6.45) is 5.94. The van der Waals surface area contributed by atoms with Crippen molar-refractivity contribution < 1.29 is 19.4 Å². The van der Waals surface area contributed by atoms with Crippen molar-refractivity contribution in [1.29, 1.82) is 0 Å². The van der Waals surface area contributed by atoms with E-state index in [0.717, 1.165) is 36.5 Å². The van der Waals surface area contributed by atoms with Crippen molar-refractivity contribution in [3.05, 3.63) is 47.3 Å². The van der Waals surface area contributed by atoms with Crippen molar-refractivity contribution in [2.45, 2.75) is 51.4 Å². The zero-order valence-electron chi connectivity index (χ0n) is 18.8. The highest BCUT2D eigenvalue weighted by atomic mass is 16.5. The van der Waals surface area contributed by atoms with Gasteiger partial charge in [0.25, 0.3) is 0 Å². The number of nitrogens with one attached hydrogen (secondary N) is 1. The second-order valence-corrected chi connectivity index (χ2v) is 8.17. The molecule has 32 heavy (non-hydrogen) atoms. The van der Waals surface area contributed by atoms with E-state index in [0.29, 0.717) is 38.2 Å². The van der Waals surface area contributed by atoms with Gasteiger partial charge >= 0.3 is 5.97 Å². The Morgan fingerprint density at radius 2 is 2.09 bits per heavy atom. The molecule has 0 aliphatic carbocycles. The number of nitrogens with zero attached hydrogens (tertiary/aromatic N) is 3. The lowest BCUT2D eigenvalue weighted by Crippen LogP contribution is -2.32. The van der Waals surface area contributed by atoms with Gasteiger partial charge in [-0.2, -0.15) is 0 Å². The third-order valence-corrected chi connectivity index (χ3v) is 5.88. The first-order valence-electron chi connectivity index (χ1n) is 11.2. The van der Waals surface area contributed by atoms with Crippen molar-refractivity contribution in [1.82, 2.24) is 14.9 Å². The predicted octanol–water partition coefficient (Wildman–Crippen LogP) is 3.27. The van der Waals surface area contributed by atoms with Crippen LogP contribution in [0.5, 0.6) is 5.88 Å². The van der Waals surface area contributed by atoms with Gasteiger partial charge in [0.1, 0.15) is 5.82 Å². The lowest BCUT2D eigenvalue weighted by atomic mass is 9.92. The van der Waals surface area contributed by atoms with Gasteiger partial charge in [0, 0.05) is 50.9 Å². The molecule has 3 rings (SSSR count). The number of carboxylic acids is 1. The molecule has 2 aromatic heterocycles. The number of aryl methyl sites for hydroxylation is 1. The summed E-state index contributed by atoms with van der Waals surface area (Å²) in [7, 11) is 1.54. The minimum Gasteiger partial charge on any atom is -0.481 e. The van der Waals surface area contributed by atoms with E-state index in [2.05, 4.69) is 16.4 Å². The number of carboxylic acid groups (broad SMARTS) is 1. The molecule has 2 aromatic rings. The van der Waals surface area contributed by atoms with Gasteiger partial charge < -0.3 is 20.1 Å². The summed E-state index contributed by atoms with van der Waals surface area (Å²) in [5.74, 6) is 0.473. The van der Waals surface area contributed by atoms with Crippen molar-refractivity contribution in [3.8, 4) is 5.88 Å². The molecule has 0 saturated carbocycles. The van der Waals surface area contributed by atoms with Crippen LogP contribution in [0.1, 0.15) is 55.3 Å². The second kappa shape index (κ2) is 11.5. The SMILES string of the molecule is COc1ccc(C(CCCN(CCc2ccc3c(n2)NCCC3)C(C)=O)CC(=O)O)cn1. The van der Waals surface area contributed by atoms with Gasteiger partial charge in [0.15, 0.2) is 0 Å². The average molecular weight is 441 g/mol. The molecule has 8 nitrogen and oxygen atoms in total. The Hall–Kier alpha value is -3.16. The Balaban J connectivity index is 1.55. The summed E-state index contributed by atoms with van der Waals surface area (Å²) in [5.41, 5.74) is 3.09. The molecule has 1 amide bonds. The van der Waals surface area contributed by atoms with Gasteiger partial charge in [-0.25, -0.2) is 9.97 Å². The standard InChI is InChI=1S/C24H32N4O4/c1-17(29)28(14-11-21-9-7-18-5-3-12-25-24(18)27-21)13-4-6-19(15-23(30)31)20-8-10-22(32-2)26-16-20/h7-10,16,19H,3-6,11-15H2,1-2H3,(H,25,27)(H,30,31). The number of aromatic nitrogens is 2. The lowest BCUT2D eigenvalue weighted by Gasteiger charge is -2.23. The number of pyridine rings is 2. The first kappa shape index (κ1) is 23.5. The zero-order chi connectivity index (χ0) is 22.9. The van der Waals surface area contributed by atoms with Crippen molar-refractivity contribution >= 4 is 17.7 Å². The molecule has 172 valence electrons. The fourth-order valence-electron chi connectivity index (χ4n) is 4.06. The molecular formula is C24H32N4O4. The van der Waals surface area contributed by atoms with Gasteiger partial charge in [0.2, 0.25) is 11.8 Å². The highest BCUT2D eigenvalue weighted by molar-refractivity contribution is 5.73. The molecule has 0 bridgehead atoms. The quantitative estimate of drug-likeness (QED) is 0.552. The van der Waals surface area contributed by atoms with Gasteiger partial charge in [0.05, 0.1) is 13.5 Å². The number of methoxy groups -OCH3 is 1. The lowest BCUT2D eigenvalue weighted by molar-refractivity contribution is -0.137. The fourth-order valence-corrected chi connectivity index (χ4v) is 4.06. The third kappa shape index (κ3) is 6.67. The monoisotopic (exact) mass is 440 g/mol. The molecular weight excluding hydrogens is 408 g/mol. The van der Waals surface area contributed by atoms with Crippen LogP contribution in [-0.4, -0.2) is 58.6 Å². The maximum Gasteiger partial charge on any atom is 0.303 e. The summed E-state index contributed by atoms with van der Waals surface area (Å²) in [5, 5.41) is 12.7. The van der Waals surface area contributed by atoms with Crippen LogP contribution in [0.15, 0.2) is 30.5 Å². The maximum absolute atomic E-state index is 12.2. The maximum atomic E-state index is 12.2. The minimum absolute atomic E-state index is 0.0157. The number of hydrogen-bond acceptors (Lipinski definition) is 6. The average Bonchev–Trinajstić information content (AvgIpc) is 2.80. The van der Waals surface area contributed by atoms with E-state index in [4.69, 9.17) is 9.72 Å². The number of anilines is 1. The molecule has 0 aromatic carbocycles. The van der Waals surface area contributed by atoms with Crippen molar-refractivity contribution in [2.75, 3.05) is 32.1 Å². The number of rotatable bonds is 11. The summed E-state index contributed by atoms with van der Waals surface area (Å²) in [6.45, 7) is 3.70. The Morgan fingerprint density at radius 1 is 1.25 bits per heavy atom. The Kier molecular flexibility index (Phi) is 8.41. The van der Waals surface area contributed by atoms with E-state index >= 15 is 0 Å². The van der Waals surface area contributed by atoms with Crippen LogP contribution in [0.25, 0.3) is 0 Å². The number of amides is 1. The van der Waals surface area contributed by atoms with E-state index in [-0.39, 0.29) is 18.2 Å². The highest BCUT2D eigenvalue weighted by Crippen LogP contribution is 2.26. The van der Waals surface area contributed by atoms with Crippen LogP contribution in [0.3, 0.4) is 0 Å². The predicted molar refractivity (Wildman–Crippen MR) is 122 cm³/mol. The molecule has 1 aliphatic heterocycles. The van der Waals surface area contributed by atoms with Crippen LogP contribution in [-0.2, 0) is 22.4 Å². The minimum atomic E-state index is -0.846. The first-order valence-corrected chi connectivity index (χ1v) is 11.2. The number of ether oxygens (including phenoxy) is 1. The molecule has 0 saturated heterocycles. The van der Waals surface area contributed by atoms with E-state index in [1.807, 2.05) is 17.0 Å². The van der Waals surface area contributed by atoms with Crippen LogP contribution in [0, 0.1) is 0 Å². The van der Waals surface area contributed by atoms with E-state index < -0.39 is 5.97 Å². The summed E-state index contributed by atoms with van der Waals surface area (Å²) in [6, 6.07) is 7.77. The Bertz CT molecular complexity index is 917. The normalized spacial score (nSPS) is 13.6. The van der Waals surface area contributed by atoms with Gasteiger partial charge in [-0.05, 0) is 48.8 Å². The van der Waals surface area contributed by atoms with Crippen molar-refractivity contribution in [3.63, 3.8) is 0 Å². The van der Waals surface area contributed by atoms with E-state index in [1.165, 1.54) is 5.56 Å². The smallest absolute Gasteiger partial charge is 0.303 e. The van der Waals surface area contributed by atoms with Crippen molar-refractivity contribution in [2.24, 2.45) is 0 Å². The van der Waals surface area contributed by atoms with Crippen LogP contribution < -0.4 is 10.1 Å². The summed E-state index contributed by atoms with van der Waals surface area (Å²) in [4.78, 5) is 34.2. The summed E-state index contributed by atoms with van der Waals surface area (Å²) >= 11 is 0. The van der Waals surface area contributed by atoms with Crippen LogP contribution in [0.2, 0.25) is 0 Å². The van der Waals surface area contributed by atoms with Crippen LogP contribution >= 0.6 is 0 Å². The number of fused-ring (bicyclic) bond motifs is 1. The fraction of sp³-hybridized carbons (Fsp3) is 0.500. The third-order valence-electron chi connectivity index (χ3n) is 5.88. The molecule has 0 fully saturated rings. The number of hydrogen-bond donors (Lipinski definition) is 2. The topological polar surface area (TPSA) is 105 Å². The van der Waals surface area contributed by atoms with Gasteiger partial charge in [-0.1, -0.05) is 12.1 Å². The zero-order valence-corrected chi connectivity index (χ0v) is 18.8. The molecule has 1 aliphatic rings. The van der Waals surface area contributed by atoms with E-state index in [9.17, 15) is 14.7 Å². The molecule has 1 atom stereocenters. The molecule has 1 unspecified atom stereocenters. The molecule has 0 radical (unpaired) electrons. The number of aliphatic carboxylic acids is 1. The highest BCUT2D eigenvalue weighted by Gasteiger charge is 2.18. The molecule has 8 heteroatoms. The van der Waals surface area contributed by atoms with Gasteiger partial charge in [-0.15, -0.1) is 0 Å². The first-order chi connectivity index (χ1) is 15.5. The Labute approximate surface area is 189 Å². The van der Waals surface area contributed by atoms with E-state index in [1.54, 1.807) is 26.3 Å². The molecule has 0 spiro atoms.